The van der Waals surface area contributed by atoms with Crippen molar-refractivity contribution in [1.29, 1.82) is 0 Å². The van der Waals surface area contributed by atoms with Crippen LogP contribution in [0, 0.1) is 5.92 Å². The fourth-order valence-electron chi connectivity index (χ4n) is 3.40. The average Bonchev–Trinajstić information content (AvgIpc) is 3.50. The van der Waals surface area contributed by atoms with Crippen LogP contribution in [0.2, 0.25) is 0 Å². The first-order valence-corrected chi connectivity index (χ1v) is 11.1. The minimum Gasteiger partial charge on any atom is -0.449 e. The highest BCUT2D eigenvalue weighted by atomic mass is 31.2. The molecular formula is C16H21N8O8P. The number of nitrogen functional groups attached to an aromatic ring is 1. The molecule has 16 nitrogen and oxygen atoms in total. The molecule has 4 rings (SSSR count). The number of aliphatic hydroxyl groups is 1. The van der Waals surface area contributed by atoms with Crippen LogP contribution in [0.1, 0.15) is 6.23 Å². The molecule has 1 amide bonds. The van der Waals surface area contributed by atoms with Crippen molar-refractivity contribution < 1.29 is 33.4 Å². The van der Waals surface area contributed by atoms with Crippen LogP contribution in [0.4, 0.5) is 10.7 Å². The minimum absolute atomic E-state index is 0.0298. The molecule has 0 radical (unpaired) electrons. The number of H-pyrrole nitrogens is 1. The van der Waals surface area contributed by atoms with E-state index in [0.29, 0.717) is 0 Å². The highest BCUT2D eigenvalue weighted by molar-refractivity contribution is 7.51. The number of nitrogens with two attached hydrogens (primary N) is 1. The van der Waals surface area contributed by atoms with Gasteiger partial charge in [0.05, 0.1) is 25.0 Å². The summed E-state index contributed by atoms with van der Waals surface area (Å²) in [5, 5.41) is 13.2. The van der Waals surface area contributed by atoms with E-state index in [1.807, 2.05) is 0 Å². The molecule has 33 heavy (non-hydrogen) atoms. The Hall–Kier alpha value is -3.30. The summed E-state index contributed by atoms with van der Waals surface area (Å²) in [6.07, 6.45) is 0.749. The molecule has 0 aliphatic carbocycles. The molecule has 178 valence electrons. The number of rotatable bonds is 7. The summed E-state index contributed by atoms with van der Waals surface area (Å²) in [4.78, 5) is 47.8. The maximum atomic E-state index is 12.5. The normalized spacial score (nSPS) is 24.6. The molecule has 1 unspecified atom stereocenters. The number of fused-ring (bicyclic) bond motifs is 1. The van der Waals surface area contributed by atoms with Gasteiger partial charge in [0.15, 0.2) is 17.4 Å². The van der Waals surface area contributed by atoms with E-state index in [9.17, 15) is 24.2 Å². The predicted molar refractivity (Wildman–Crippen MR) is 110 cm³/mol. The molecule has 4 heterocycles. The lowest BCUT2D eigenvalue weighted by molar-refractivity contribution is -0.0476. The van der Waals surface area contributed by atoms with Gasteiger partial charge in [0.25, 0.3) is 5.56 Å². The second-order valence-electron chi connectivity index (χ2n) is 7.07. The van der Waals surface area contributed by atoms with Crippen molar-refractivity contribution in [2.45, 2.75) is 18.4 Å². The number of nitrogens with zero attached hydrogens (tertiary/aromatic N) is 5. The molecule has 17 heteroatoms. The third-order valence-corrected chi connectivity index (χ3v) is 6.35. The number of anilines is 1. The summed E-state index contributed by atoms with van der Waals surface area (Å²) in [7, 11) is -2.93. The standard InChI is InChI=1S/C16H21N8O8P/c1-18-16(27)30-4-8-9(5-31-33(28,29)23-3-2-19-6-23)32-14(11(8)25)24-7-20-10-12(24)21-15(17)22-13(10)26/h2-3,6-9,11,14,25H,4-5H2,1H3,(H,18,27)(H,28,29)(H3,17,21,22,26)/t8-,9-,11-,14-/m1/s1. The van der Waals surface area contributed by atoms with Gasteiger partial charge in [-0.2, -0.15) is 4.98 Å². The SMILES string of the molecule is CNC(=O)OC[C@H]1[C@@H](O)[C@H](n2cnc3c(=O)[nH]c(N)nc32)O[C@@H]1COP(=O)(O)n1ccnc1. The number of ether oxygens (including phenoxy) is 2. The molecule has 0 saturated carbocycles. The van der Waals surface area contributed by atoms with Gasteiger partial charge in [-0.3, -0.25) is 18.9 Å². The first kappa shape index (κ1) is 22.9. The fraction of sp³-hybridized carbons (Fsp3) is 0.438. The third kappa shape index (κ3) is 4.46. The summed E-state index contributed by atoms with van der Waals surface area (Å²) >= 11 is 0. The Labute approximate surface area is 184 Å². The van der Waals surface area contributed by atoms with E-state index in [-0.39, 0.29) is 23.7 Å². The van der Waals surface area contributed by atoms with Gasteiger partial charge in [-0.15, -0.1) is 0 Å². The number of hydrogen-bond acceptors (Lipinski definition) is 11. The van der Waals surface area contributed by atoms with Crippen molar-refractivity contribution in [1.82, 2.24) is 34.2 Å². The largest absolute Gasteiger partial charge is 0.449 e. The van der Waals surface area contributed by atoms with Crippen molar-refractivity contribution >= 4 is 31.0 Å². The molecule has 0 aromatic carbocycles. The maximum Gasteiger partial charge on any atom is 0.437 e. The van der Waals surface area contributed by atoms with Gasteiger partial charge in [0.1, 0.15) is 19.0 Å². The molecular weight excluding hydrogens is 463 g/mol. The van der Waals surface area contributed by atoms with Gasteiger partial charge in [-0.1, -0.05) is 0 Å². The molecule has 6 N–H and O–H groups in total. The van der Waals surface area contributed by atoms with Gasteiger partial charge < -0.3 is 30.5 Å². The van der Waals surface area contributed by atoms with Crippen molar-refractivity contribution in [3.63, 3.8) is 0 Å². The number of nitrogens with one attached hydrogen (secondary N) is 2. The molecule has 1 saturated heterocycles. The number of imidazole rings is 2. The number of hydrogen-bond donors (Lipinski definition) is 5. The van der Waals surface area contributed by atoms with E-state index in [4.69, 9.17) is 19.7 Å². The molecule has 0 bridgehead atoms. The highest BCUT2D eigenvalue weighted by Crippen LogP contribution is 2.45. The van der Waals surface area contributed by atoms with Gasteiger partial charge in [-0.25, -0.2) is 23.7 Å². The molecule has 1 fully saturated rings. The van der Waals surface area contributed by atoms with Crippen LogP contribution in [0.3, 0.4) is 0 Å². The summed E-state index contributed by atoms with van der Waals surface area (Å²) in [5.41, 5.74) is 5.06. The van der Waals surface area contributed by atoms with E-state index in [0.717, 1.165) is 10.7 Å². The monoisotopic (exact) mass is 484 g/mol. The van der Waals surface area contributed by atoms with Crippen LogP contribution in [0.5, 0.6) is 0 Å². The predicted octanol–water partition coefficient (Wildman–Crippen LogP) is -1.21. The van der Waals surface area contributed by atoms with Crippen LogP contribution < -0.4 is 16.6 Å². The number of aliphatic hydroxyl groups excluding tert-OH is 1. The number of carbonyl (C=O) groups excluding carboxylic acids is 1. The summed E-state index contributed by atoms with van der Waals surface area (Å²) < 4.78 is 30.8. The molecule has 3 aromatic heterocycles. The number of amides is 1. The molecule has 0 spiro atoms. The summed E-state index contributed by atoms with van der Waals surface area (Å²) in [6, 6.07) is 0. The zero-order valence-electron chi connectivity index (χ0n) is 17.1. The van der Waals surface area contributed by atoms with Gasteiger partial charge in [0, 0.05) is 19.4 Å². The second kappa shape index (κ2) is 8.92. The van der Waals surface area contributed by atoms with E-state index >= 15 is 0 Å². The second-order valence-corrected chi connectivity index (χ2v) is 8.77. The molecule has 1 aliphatic rings. The highest BCUT2D eigenvalue weighted by Gasteiger charge is 2.47. The number of aromatic amines is 1. The molecule has 1 aliphatic heterocycles. The van der Waals surface area contributed by atoms with Crippen molar-refractivity contribution in [2.24, 2.45) is 5.92 Å². The van der Waals surface area contributed by atoms with E-state index in [2.05, 4.69) is 25.3 Å². The number of carbonyl (C=O) groups is 1. The van der Waals surface area contributed by atoms with Gasteiger partial charge in [-0.05, 0) is 0 Å². The Morgan fingerprint density at radius 3 is 2.91 bits per heavy atom. The maximum absolute atomic E-state index is 12.5. The lowest BCUT2D eigenvalue weighted by Crippen LogP contribution is -2.34. The quantitative estimate of drug-likeness (QED) is 0.249. The Morgan fingerprint density at radius 1 is 1.42 bits per heavy atom. The van der Waals surface area contributed by atoms with Gasteiger partial charge in [0.2, 0.25) is 5.95 Å². The lowest BCUT2D eigenvalue weighted by Gasteiger charge is -2.21. The molecule has 5 atom stereocenters. The van der Waals surface area contributed by atoms with Crippen LogP contribution in [-0.2, 0) is 18.6 Å². The van der Waals surface area contributed by atoms with E-state index in [1.165, 1.54) is 30.3 Å². The minimum atomic E-state index is -4.29. The van der Waals surface area contributed by atoms with Crippen LogP contribution in [-0.4, -0.2) is 77.4 Å². The fourth-order valence-corrected chi connectivity index (χ4v) is 4.30. The average molecular weight is 484 g/mol. The van der Waals surface area contributed by atoms with Crippen molar-refractivity contribution in [2.75, 3.05) is 26.0 Å². The first-order valence-electron chi connectivity index (χ1n) is 9.57. The number of aromatic nitrogens is 6. The zero-order valence-corrected chi connectivity index (χ0v) is 18.0. The van der Waals surface area contributed by atoms with E-state index < -0.39 is 50.4 Å². The van der Waals surface area contributed by atoms with Crippen LogP contribution >= 0.6 is 7.75 Å². The Morgan fingerprint density at radius 2 is 2.21 bits per heavy atom. The van der Waals surface area contributed by atoms with Crippen molar-refractivity contribution in [3.8, 4) is 0 Å². The van der Waals surface area contributed by atoms with Gasteiger partial charge >= 0.3 is 13.8 Å². The Bertz CT molecular complexity index is 1240. The first-order chi connectivity index (χ1) is 15.7. The smallest absolute Gasteiger partial charge is 0.437 e. The Kier molecular flexibility index (Phi) is 6.18. The van der Waals surface area contributed by atoms with Crippen molar-refractivity contribution in [3.05, 3.63) is 35.4 Å². The van der Waals surface area contributed by atoms with Crippen LogP contribution in [0.15, 0.2) is 29.8 Å². The summed E-state index contributed by atoms with van der Waals surface area (Å²) in [5.74, 6) is -1.03. The lowest BCUT2D eigenvalue weighted by atomic mass is 9.99. The zero-order chi connectivity index (χ0) is 23.8. The van der Waals surface area contributed by atoms with Crippen LogP contribution in [0.25, 0.3) is 11.2 Å². The third-order valence-electron chi connectivity index (χ3n) is 5.05. The topological polar surface area (TPSA) is 222 Å². The molecule has 3 aromatic rings. The Balaban J connectivity index is 1.60. The van der Waals surface area contributed by atoms with E-state index in [1.54, 1.807) is 0 Å². The summed E-state index contributed by atoms with van der Waals surface area (Å²) in [6.45, 7) is -0.737. The number of alkyl carbamates (subject to hydrolysis) is 1.